The second-order valence-electron chi connectivity index (χ2n) is 13.0. The highest BCUT2D eigenvalue weighted by Gasteiger charge is 2.46. The van der Waals surface area contributed by atoms with Crippen LogP contribution in [0.3, 0.4) is 0 Å². The van der Waals surface area contributed by atoms with E-state index in [-0.39, 0.29) is 52.8 Å². The molecule has 2 amide bonds. The van der Waals surface area contributed by atoms with Crippen molar-refractivity contribution in [1.82, 2.24) is 24.6 Å². The van der Waals surface area contributed by atoms with Crippen LogP contribution in [0.15, 0.2) is 54.1 Å². The molecule has 5 aromatic rings. The molecule has 12 heteroatoms. The van der Waals surface area contributed by atoms with E-state index >= 15 is 8.78 Å². The molecule has 0 radical (unpaired) electrons. The molecule has 3 aromatic heterocycles. The lowest BCUT2D eigenvalue weighted by Crippen LogP contribution is -2.66. The maximum atomic E-state index is 17.7. The number of pyridine rings is 2. The molecule has 246 valence electrons. The molecule has 7 rings (SSSR count). The molecule has 1 fully saturated rings. The zero-order chi connectivity index (χ0) is 34.3. The molecule has 2 aliphatic rings. The fraction of sp³-hybridized carbons (Fsp3) is 0.306. The van der Waals surface area contributed by atoms with Crippen LogP contribution in [0.5, 0.6) is 0 Å². The molecule has 0 spiro atoms. The molecule has 2 unspecified atom stereocenters. The summed E-state index contributed by atoms with van der Waals surface area (Å²) in [6, 6.07) is 5.27. The summed E-state index contributed by atoms with van der Waals surface area (Å²) in [6.45, 7) is 13.0. The molecule has 2 aromatic carbocycles. The molecular formula is C36H35F2N7O3. The number of halogens is 2. The van der Waals surface area contributed by atoms with E-state index in [4.69, 9.17) is 0 Å². The average molecular weight is 652 g/mol. The van der Waals surface area contributed by atoms with Crippen LogP contribution in [0.2, 0.25) is 0 Å². The Hall–Kier alpha value is -5.39. The van der Waals surface area contributed by atoms with E-state index in [1.54, 1.807) is 41.1 Å². The quantitative estimate of drug-likeness (QED) is 0.257. The minimum atomic E-state index is -0.927. The second kappa shape index (κ2) is 11.1. The summed E-state index contributed by atoms with van der Waals surface area (Å²) in [4.78, 5) is 50.8. The van der Waals surface area contributed by atoms with Gasteiger partial charge < -0.3 is 14.7 Å². The van der Waals surface area contributed by atoms with Gasteiger partial charge in [0.25, 0.3) is 11.5 Å². The van der Waals surface area contributed by atoms with Gasteiger partial charge in [0.15, 0.2) is 5.82 Å². The molecule has 0 bridgehead atoms. The van der Waals surface area contributed by atoms with Gasteiger partial charge in [-0.15, -0.1) is 0 Å². The van der Waals surface area contributed by atoms with Crippen LogP contribution in [-0.4, -0.2) is 68.7 Å². The number of H-pyrrole nitrogens is 1. The lowest BCUT2D eigenvalue weighted by Gasteiger charge is -2.50. The number of rotatable bonds is 4. The zero-order valence-electron chi connectivity index (χ0n) is 27.6. The van der Waals surface area contributed by atoms with Crippen LogP contribution in [0.1, 0.15) is 43.5 Å². The molecule has 48 heavy (non-hydrogen) atoms. The Morgan fingerprint density at radius 1 is 1.04 bits per heavy atom. The summed E-state index contributed by atoms with van der Waals surface area (Å²) < 4.78 is 35.7. The van der Waals surface area contributed by atoms with Crippen molar-refractivity contribution >= 4 is 45.0 Å². The van der Waals surface area contributed by atoms with Crippen molar-refractivity contribution in [3.8, 4) is 16.8 Å². The number of carbonyl (C=O) groups excluding carboxylic acids is 2. The van der Waals surface area contributed by atoms with Crippen LogP contribution >= 0.6 is 0 Å². The van der Waals surface area contributed by atoms with E-state index in [2.05, 4.69) is 21.8 Å². The van der Waals surface area contributed by atoms with Gasteiger partial charge in [-0.2, -0.15) is 5.10 Å². The Kier molecular flexibility index (Phi) is 7.22. The summed E-state index contributed by atoms with van der Waals surface area (Å²) in [5, 5.41) is 7.63. The van der Waals surface area contributed by atoms with E-state index in [9.17, 15) is 14.4 Å². The maximum absolute atomic E-state index is 17.7. The van der Waals surface area contributed by atoms with Crippen molar-refractivity contribution < 1.29 is 18.4 Å². The molecule has 2 aliphatic heterocycles. The van der Waals surface area contributed by atoms with Crippen molar-refractivity contribution in [2.75, 3.05) is 29.9 Å². The largest absolute Gasteiger partial charge is 0.354 e. The van der Waals surface area contributed by atoms with Gasteiger partial charge in [0.1, 0.15) is 17.5 Å². The molecule has 1 N–H and O–H groups in total. The van der Waals surface area contributed by atoms with E-state index in [1.165, 1.54) is 34.9 Å². The lowest BCUT2D eigenvalue weighted by atomic mass is 9.92. The number of aryl methyl sites for hydroxylation is 2. The van der Waals surface area contributed by atoms with Crippen molar-refractivity contribution in [3.05, 3.63) is 88.1 Å². The standard InChI is InChI=1S/C36H35F2N7O3/c1-8-26(46)43-16-25-35(47)42(7)34-33(44(25)15-20(43)6)21-13-23(37)28(27-18(4)9-10-24-22(27)14-40-41-24)29(38)32(21)45(36(34)48)31-19(5)11-12-39-30(31)17(2)3/h8-14,17,20,25H,1,15-16H2,2-7H3,(H,40,41). The molecular weight excluding hydrogens is 616 g/mol. The first-order chi connectivity index (χ1) is 22.9. The number of hydrogen-bond acceptors (Lipinski definition) is 6. The summed E-state index contributed by atoms with van der Waals surface area (Å²) in [6.07, 6.45) is 4.36. The summed E-state index contributed by atoms with van der Waals surface area (Å²) >= 11 is 0. The first-order valence-corrected chi connectivity index (χ1v) is 15.8. The molecule has 1 saturated heterocycles. The van der Waals surface area contributed by atoms with Gasteiger partial charge in [0, 0.05) is 42.2 Å². The molecule has 2 atom stereocenters. The third-order valence-corrected chi connectivity index (χ3v) is 9.74. The fourth-order valence-electron chi connectivity index (χ4n) is 7.41. The number of carbonyl (C=O) groups is 2. The minimum Gasteiger partial charge on any atom is -0.354 e. The maximum Gasteiger partial charge on any atom is 0.281 e. The number of anilines is 2. The van der Waals surface area contributed by atoms with Crippen LogP contribution in [0.4, 0.5) is 20.2 Å². The Labute approximate surface area is 275 Å². The number of benzene rings is 2. The number of nitrogens with zero attached hydrogens (tertiary/aromatic N) is 6. The van der Waals surface area contributed by atoms with Gasteiger partial charge in [-0.05, 0) is 62.1 Å². The number of piperazine rings is 1. The number of amides is 2. The third-order valence-electron chi connectivity index (χ3n) is 9.74. The van der Waals surface area contributed by atoms with Gasteiger partial charge in [0.05, 0.1) is 46.4 Å². The second-order valence-corrected chi connectivity index (χ2v) is 13.0. The van der Waals surface area contributed by atoms with Crippen molar-refractivity contribution in [1.29, 1.82) is 0 Å². The Morgan fingerprint density at radius 2 is 1.79 bits per heavy atom. The highest BCUT2D eigenvalue weighted by atomic mass is 19.1. The normalized spacial score (nSPS) is 17.8. The van der Waals surface area contributed by atoms with Gasteiger partial charge in [-0.25, -0.2) is 8.78 Å². The number of nitrogens with one attached hydrogen (secondary N) is 1. The first-order valence-electron chi connectivity index (χ1n) is 15.8. The van der Waals surface area contributed by atoms with Gasteiger partial charge >= 0.3 is 0 Å². The highest BCUT2D eigenvalue weighted by molar-refractivity contribution is 6.13. The summed E-state index contributed by atoms with van der Waals surface area (Å²) in [5.74, 6) is -2.67. The number of fused-ring (bicyclic) bond motifs is 6. The Balaban J connectivity index is 1.65. The Morgan fingerprint density at radius 3 is 2.50 bits per heavy atom. The smallest absolute Gasteiger partial charge is 0.281 e. The highest BCUT2D eigenvalue weighted by Crippen LogP contribution is 2.46. The van der Waals surface area contributed by atoms with Crippen LogP contribution in [0.25, 0.3) is 38.6 Å². The lowest BCUT2D eigenvalue weighted by molar-refractivity contribution is -0.130. The van der Waals surface area contributed by atoms with E-state index in [0.29, 0.717) is 39.0 Å². The van der Waals surface area contributed by atoms with Crippen molar-refractivity contribution in [2.24, 2.45) is 0 Å². The molecule has 5 heterocycles. The van der Waals surface area contributed by atoms with Gasteiger partial charge in [0.2, 0.25) is 5.91 Å². The van der Waals surface area contributed by atoms with Gasteiger partial charge in [-0.3, -0.25) is 29.0 Å². The van der Waals surface area contributed by atoms with Crippen LogP contribution in [0, 0.1) is 25.5 Å². The van der Waals surface area contributed by atoms with E-state index in [0.717, 1.165) is 0 Å². The topological polar surface area (TPSA) is 107 Å². The third kappa shape index (κ3) is 4.31. The first kappa shape index (κ1) is 31.2. The summed E-state index contributed by atoms with van der Waals surface area (Å²) in [7, 11) is 1.48. The fourth-order valence-corrected chi connectivity index (χ4v) is 7.41. The van der Waals surface area contributed by atoms with Crippen molar-refractivity contribution in [3.63, 3.8) is 0 Å². The number of hydrogen-bond donors (Lipinski definition) is 1. The molecule has 0 aliphatic carbocycles. The Bertz CT molecular complexity index is 2270. The minimum absolute atomic E-state index is 0.00271. The van der Waals surface area contributed by atoms with E-state index < -0.39 is 35.2 Å². The SMILES string of the molecule is C=CC(=O)N1CC2C(=O)N(C)c3c(c4cc(F)c(-c5c(C)ccc6[nH]ncc56)c(F)c4n(-c4c(C)ccnc4C(C)C)c3=O)N2CC1C. The van der Waals surface area contributed by atoms with Gasteiger partial charge in [-0.1, -0.05) is 26.5 Å². The zero-order valence-corrected chi connectivity index (χ0v) is 27.6. The van der Waals surface area contributed by atoms with E-state index in [1.807, 2.05) is 27.7 Å². The molecule has 0 saturated carbocycles. The van der Waals surface area contributed by atoms with Crippen molar-refractivity contribution in [2.45, 2.75) is 52.6 Å². The number of aromatic nitrogens is 4. The monoisotopic (exact) mass is 651 g/mol. The predicted octanol–water partition coefficient (Wildman–Crippen LogP) is 5.52. The van der Waals surface area contributed by atoms with Crippen LogP contribution in [-0.2, 0) is 9.59 Å². The number of aromatic amines is 1. The summed E-state index contributed by atoms with van der Waals surface area (Å²) in [5.41, 5.74) is 2.29. The average Bonchev–Trinajstić information content (AvgIpc) is 3.53. The molecule has 10 nitrogen and oxygen atoms in total. The number of likely N-dealkylation sites (N-methyl/N-ethyl adjacent to an activating group) is 1. The predicted molar refractivity (Wildman–Crippen MR) is 182 cm³/mol. The van der Waals surface area contributed by atoms with Crippen LogP contribution < -0.4 is 15.4 Å².